The molecule has 0 N–H and O–H groups in total. The predicted molar refractivity (Wildman–Crippen MR) is 137 cm³/mol. The van der Waals surface area contributed by atoms with E-state index in [-0.39, 0.29) is 18.5 Å². The van der Waals surface area contributed by atoms with Gasteiger partial charge in [-0.1, -0.05) is 91.0 Å². The van der Waals surface area contributed by atoms with Crippen LogP contribution < -0.4 is 15.9 Å². The normalized spacial score (nSPS) is 11.5. The minimum Gasteiger partial charge on any atom is -0.309 e. The number of nitriles is 1. The smallest absolute Gasteiger partial charge is 0.309 e. The zero-order valence-electron chi connectivity index (χ0n) is 18.8. The maximum Gasteiger partial charge on any atom is 0.338 e. The number of ketones is 1. The van der Waals surface area contributed by atoms with Crippen LogP contribution in [0.1, 0.15) is 13.8 Å². The molecule has 0 aliphatic heterocycles. The van der Waals surface area contributed by atoms with E-state index in [2.05, 4.69) is 6.07 Å². The van der Waals surface area contributed by atoms with Crippen molar-refractivity contribution in [3.63, 3.8) is 0 Å². The van der Waals surface area contributed by atoms with E-state index in [1.807, 2.05) is 91.0 Å². The Morgan fingerprint density at radius 2 is 1.12 bits per heavy atom. The molecule has 0 amide bonds. The molecule has 170 valence electrons. The van der Waals surface area contributed by atoms with Crippen molar-refractivity contribution in [3.8, 4) is 6.07 Å². The monoisotopic (exact) mass is 479 g/mol. The van der Waals surface area contributed by atoms with Crippen molar-refractivity contribution in [1.29, 1.82) is 5.26 Å². The van der Waals surface area contributed by atoms with Crippen LogP contribution in [0.25, 0.3) is 0 Å². The van der Waals surface area contributed by atoms with Gasteiger partial charge in [-0.05, 0) is 36.6 Å². The average molecular weight is 479 g/mol. The number of hydrogen-bond donors (Lipinski definition) is 0. The molecule has 3 aromatic rings. The second kappa shape index (κ2) is 11.4. The lowest BCUT2D eigenvalue weighted by Crippen LogP contribution is -2.34. The summed E-state index contributed by atoms with van der Waals surface area (Å²) in [6, 6.07) is 31.0. The molecule has 0 radical (unpaired) electrons. The summed E-state index contributed by atoms with van der Waals surface area (Å²) in [5.41, 5.74) is 0. The highest BCUT2D eigenvalue weighted by Gasteiger charge is 2.37. The number of hydrogen-bond acceptors (Lipinski definition) is 5. The maximum absolute atomic E-state index is 13.7. The minimum atomic E-state index is -3.69. The lowest BCUT2D eigenvalue weighted by atomic mass is 10.3. The van der Waals surface area contributed by atoms with E-state index in [9.17, 15) is 14.6 Å². The van der Waals surface area contributed by atoms with E-state index >= 15 is 0 Å². The van der Waals surface area contributed by atoms with Crippen molar-refractivity contribution in [2.75, 3.05) is 19.4 Å². The summed E-state index contributed by atoms with van der Waals surface area (Å²) < 4.78 is 23.9. The molecule has 5 nitrogen and oxygen atoms in total. The highest BCUT2D eigenvalue weighted by Crippen LogP contribution is 2.50. The number of benzene rings is 3. The molecule has 0 unspecified atom stereocenters. The van der Waals surface area contributed by atoms with Gasteiger partial charge in [0.2, 0.25) is 0 Å². The van der Waals surface area contributed by atoms with Gasteiger partial charge >= 0.3 is 7.60 Å². The molecule has 7 heteroatoms. The molecule has 0 aliphatic rings. The van der Waals surface area contributed by atoms with E-state index in [0.717, 1.165) is 15.9 Å². The molecule has 0 fully saturated rings. The SMILES string of the molecule is CCOP(=O)(CC(=O)C(C#N)=P(c1ccccc1)(c1ccccc1)c1ccccc1)OCC. The van der Waals surface area contributed by atoms with Crippen molar-refractivity contribution in [3.05, 3.63) is 91.0 Å². The molecule has 3 aromatic carbocycles. The first-order valence-electron chi connectivity index (χ1n) is 10.8. The first-order valence-corrected chi connectivity index (χ1v) is 14.3. The van der Waals surface area contributed by atoms with Crippen molar-refractivity contribution in [2.24, 2.45) is 0 Å². The summed E-state index contributed by atoms with van der Waals surface area (Å²) in [4.78, 5) is 13.7. The Morgan fingerprint density at radius 1 is 0.758 bits per heavy atom. The lowest BCUT2D eigenvalue weighted by Gasteiger charge is -2.30. The zero-order chi connectivity index (χ0) is 23.7. The van der Waals surface area contributed by atoms with Crippen LogP contribution in [0.3, 0.4) is 0 Å². The molecule has 0 saturated heterocycles. The van der Waals surface area contributed by atoms with Crippen LogP contribution in [0.5, 0.6) is 0 Å². The fourth-order valence-electron chi connectivity index (χ4n) is 3.89. The highest BCUT2D eigenvalue weighted by molar-refractivity contribution is 7.97. The van der Waals surface area contributed by atoms with Crippen molar-refractivity contribution < 1.29 is 18.4 Å². The number of Topliss-reactive ketones (excluding diaryl/α,β-unsaturated/α-hetero) is 1. The predicted octanol–water partition coefficient (Wildman–Crippen LogP) is 4.51. The summed E-state index contributed by atoms with van der Waals surface area (Å²) in [5, 5.41) is 13.1. The minimum absolute atomic E-state index is 0.0748. The molecule has 0 aliphatic carbocycles. The quantitative estimate of drug-likeness (QED) is 0.400. The largest absolute Gasteiger partial charge is 0.338 e. The van der Waals surface area contributed by atoms with Gasteiger partial charge in [0.05, 0.1) is 13.2 Å². The second-order valence-electron chi connectivity index (χ2n) is 7.17. The van der Waals surface area contributed by atoms with Gasteiger partial charge in [-0.25, -0.2) is 0 Å². The molecule has 3 rings (SSSR count). The standard InChI is InChI=1S/C26H27NO4P2/c1-3-30-32(29,31-4-2)21-25(28)26(20-27)33(22-14-8-5-9-15-22,23-16-10-6-11-17-23)24-18-12-7-13-19-24/h5-19H,3-4,21H2,1-2H3. The van der Waals surface area contributed by atoms with Crippen LogP contribution in [-0.4, -0.2) is 30.5 Å². The van der Waals surface area contributed by atoms with Gasteiger partial charge in [-0.15, -0.1) is 0 Å². The van der Waals surface area contributed by atoms with E-state index in [1.54, 1.807) is 13.8 Å². The van der Waals surface area contributed by atoms with Gasteiger partial charge in [0.15, 0.2) is 5.78 Å². The summed E-state index contributed by atoms with van der Waals surface area (Å²) in [7, 11) is -3.69. The van der Waals surface area contributed by atoms with Crippen molar-refractivity contribution in [1.82, 2.24) is 0 Å². The van der Waals surface area contributed by atoms with Crippen molar-refractivity contribution in [2.45, 2.75) is 13.8 Å². The van der Waals surface area contributed by atoms with Gasteiger partial charge in [0.1, 0.15) is 17.5 Å². The van der Waals surface area contributed by atoms with Gasteiger partial charge < -0.3 is 9.05 Å². The third-order valence-electron chi connectivity index (χ3n) is 5.12. The first-order chi connectivity index (χ1) is 16.0. The van der Waals surface area contributed by atoms with Crippen LogP contribution in [-0.2, 0) is 18.4 Å². The molecule has 0 saturated carbocycles. The van der Waals surface area contributed by atoms with Crippen molar-refractivity contribution >= 4 is 41.5 Å². The molecule has 0 aromatic heterocycles. The number of rotatable bonds is 10. The Bertz CT molecular complexity index is 1110. The molecule has 0 spiro atoms. The Balaban J connectivity index is 2.42. The van der Waals surface area contributed by atoms with Gasteiger partial charge in [0, 0.05) is 0 Å². The Labute approximate surface area is 195 Å². The van der Waals surface area contributed by atoms with Crippen LogP contribution in [0, 0.1) is 11.3 Å². The fourth-order valence-corrected chi connectivity index (χ4v) is 9.70. The number of carbonyl (C=O) groups is 1. The van der Waals surface area contributed by atoms with Gasteiger partial charge in [0.25, 0.3) is 0 Å². The summed E-state index contributed by atoms with van der Waals surface area (Å²) in [6.07, 6.45) is -0.480. The van der Waals surface area contributed by atoms with E-state index in [4.69, 9.17) is 9.05 Å². The molecular formula is C26H27NO4P2. The topological polar surface area (TPSA) is 76.4 Å². The first kappa shape index (κ1) is 24.9. The third kappa shape index (κ3) is 5.27. The van der Waals surface area contributed by atoms with E-state index < -0.39 is 26.4 Å². The van der Waals surface area contributed by atoms with Crippen LogP contribution in [0.4, 0.5) is 0 Å². The average Bonchev–Trinajstić information content (AvgIpc) is 2.84. The molecule has 33 heavy (non-hydrogen) atoms. The fraction of sp³-hybridized carbons (Fsp3) is 0.192. The van der Waals surface area contributed by atoms with E-state index in [1.165, 1.54) is 0 Å². The molecular weight excluding hydrogens is 452 g/mol. The summed E-state index contributed by atoms with van der Waals surface area (Å²) >= 11 is 0. The van der Waals surface area contributed by atoms with Crippen LogP contribution in [0.2, 0.25) is 0 Å². The van der Waals surface area contributed by atoms with Crippen LogP contribution in [0.15, 0.2) is 91.0 Å². The van der Waals surface area contributed by atoms with Gasteiger partial charge in [-0.2, -0.15) is 5.26 Å². The highest BCUT2D eigenvalue weighted by atomic mass is 31.2. The molecule has 0 bridgehead atoms. The maximum atomic E-state index is 13.7. The molecule has 0 heterocycles. The molecule has 0 atom stereocenters. The zero-order valence-corrected chi connectivity index (χ0v) is 20.5. The van der Waals surface area contributed by atoms with Gasteiger partial charge in [-0.3, -0.25) is 9.36 Å². The summed E-state index contributed by atoms with van der Waals surface area (Å²) in [5.74, 6) is -0.521. The second-order valence-corrected chi connectivity index (χ2v) is 12.6. The number of carbonyl (C=O) groups excluding carboxylic acids is 1. The summed E-state index contributed by atoms with van der Waals surface area (Å²) in [6.45, 7) is 0.803. The Hall–Kier alpha value is -2.73. The van der Waals surface area contributed by atoms with E-state index in [0.29, 0.717) is 0 Å². The number of nitrogens with zero attached hydrogens (tertiary/aromatic N) is 1. The Kier molecular flexibility index (Phi) is 8.61. The Morgan fingerprint density at radius 3 is 1.42 bits per heavy atom. The third-order valence-corrected chi connectivity index (χ3v) is 11.3. The lowest BCUT2D eigenvalue weighted by molar-refractivity contribution is -0.110. The van der Waals surface area contributed by atoms with Crippen LogP contribution >= 0.6 is 14.5 Å².